The van der Waals surface area contributed by atoms with E-state index >= 15 is 0 Å². The summed E-state index contributed by atoms with van der Waals surface area (Å²) in [5.74, 6) is -2.60. The fraction of sp³-hybridized carbons (Fsp3) is 0.304. The summed E-state index contributed by atoms with van der Waals surface area (Å²) >= 11 is 7.04. The molecule has 1 atom stereocenters. The Morgan fingerprint density at radius 2 is 1.94 bits per heavy atom. The number of fused-ring (bicyclic) bond motifs is 1. The zero-order valence-electron chi connectivity index (χ0n) is 19.7. The van der Waals surface area contributed by atoms with Gasteiger partial charge in [0.25, 0.3) is 5.91 Å². The normalized spacial score (nSPS) is 15.2. The number of anilines is 1. The summed E-state index contributed by atoms with van der Waals surface area (Å²) in [6, 6.07) is 3.22. The molecule has 0 saturated heterocycles. The first-order valence-corrected chi connectivity index (χ1v) is 11.8. The number of carbonyl (C=O) groups is 4. The van der Waals surface area contributed by atoms with Crippen LogP contribution in [0.2, 0.25) is 5.02 Å². The first-order valence-electron chi connectivity index (χ1n) is 10.5. The van der Waals surface area contributed by atoms with Gasteiger partial charge < -0.3 is 25.3 Å². The Morgan fingerprint density at radius 3 is 2.53 bits per heavy atom. The quantitative estimate of drug-likeness (QED) is 0.242. The number of rotatable bonds is 6. The number of nitrogens with two attached hydrogens (primary N) is 1. The molecule has 1 aromatic heterocycles. The highest BCUT2D eigenvalue weighted by atomic mass is 35.5. The zero-order valence-corrected chi connectivity index (χ0v) is 21.3. The molecule has 0 fully saturated rings. The van der Waals surface area contributed by atoms with E-state index in [9.17, 15) is 23.6 Å². The number of nitrogens with one attached hydrogen (secondary N) is 1. The van der Waals surface area contributed by atoms with Gasteiger partial charge in [0.05, 0.1) is 21.2 Å². The lowest BCUT2D eigenvalue weighted by Crippen LogP contribution is -2.42. The number of hydrogen-bond acceptors (Lipinski definition) is 8. The van der Waals surface area contributed by atoms with Crippen molar-refractivity contribution in [2.45, 2.75) is 39.3 Å². The second-order valence-electron chi connectivity index (χ2n) is 8.54. The zero-order chi connectivity index (χ0) is 26.8. The van der Waals surface area contributed by atoms with Gasteiger partial charge in [-0.05, 0) is 51.3 Å². The molecule has 2 aromatic rings. The topological polar surface area (TPSA) is 137 Å². The molecule has 3 N–H and O–H groups in total. The number of amides is 4. The van der Waals surface area contributed by atoms with E-state index in [0.717, 1.165) is 12.1 Å². The second kappa shape index (κ2) is 10.5. The maximum absolute atomic E-state index is 14.3. The fourth-order valence-electron chi connectivity index (χ4n) is 3.19. The number of primary amides is 1. The number of ether oxygens (including phenoxy) is 3. The van der Waals surface area contributed by atoms with Crippen LogP contribution in [0.5, 0.6) is 0 Å². The molecule has 192 valence electrons. The highest BCUT2D eigenvalue weighted by Gasteiger charge is 2.40. The molecular formula is C23H23ClFN3O7S. The van der Waals surface area contributed by atoms with Gasteiger partial charge in [0, 0.05) is 5.56 Å². The SMILES string of the molecule is CC(NC(=O)OC(C)(C)C)C(=O)OCOC(=C1C(=O)N(C(N)=O)c2cc(Cl)c(F)cc21)c1cccs1. The number of urea groups is 1. The van der Waals surface area contributed by atoms with Crippen molar-refractivity contribution in [3.8, 4) is 0 Å². The molecule has 36 heavy (non-hydrogen) atoms. The third kappa shape index (κ3) is 5.94. The number of benzene rings is 1. The third-order valence-electron chi connectivity index (χ3n) is 4.65. The van der Waals surface area contributed by atoms with E-state index in [0.29, 0.717) is 9.78 Å². The minimum atomic E-state index is -1.10. The van der Waals surface area contributed by atoms with E-state index in [-0.39, 0.29) is 27.6 Å². The van der Waals surface area contributed by atoms with Gasteiger partial charge in [-0.3, -0.25) is 4.79 Å². The van der Waals surface area contributed by atoms with Crippen molar-refractivity contribution in [1.82, 2.24) is 5.32 Å². The molecule has 0 spiro atoms. The van der Waals surface area contributed by atoms with Crippen molar-refractivity contribution >= 4 is 64.0 Å². The molecule has 1 aromatic carbocycles. The molecule has 0 saturated carbocycles. The number of esters is 1. The summed E-state index contributed by atoms with van der Waals surface area (Å²) in [6.45, 7) is 5.74. The van der Waals surface area contributed by atoms with Crippen molar-refractivity contribution in [3.05, 3.63) is 50.9 Å². The maximum atomic E-state index is 14.3. The van der Waals surface area contributed by atoms with Gasteiger partial charge >= 0.3 is 18.1 Å². The lowest BCUT2D eigenvalue weighted by molar-refractivity contribution is -0.153. The Morgan fingerprint density at radius 1 is 1.25 bits per heavy atom. The maximum Gasteiger partial charge on any atom is 0.408 e. The van der Waals surface area contributed by atoms with Crippen LogP contribution in [0.4, 0.5) is 19.7 Å². The molecule has 0 aliphatic carbocycles. The first kappa shape index (κ1) is 27.0. The molecule has 1 aliphatic heterocycles. The Kier molecular flexibility index (Phi) is 7.89. The van der Waals surface area contributed by atoms with Gasteiger partial charge in [-0.25, -0.2) is 23.7 Å². The Bertz CT molecular complexity index is 1240. The van der Waals surface area contributed by atoms with E-state index in [4.69, 9.17) is 31.5 Å². The van der Waals surface area contributed by atoms with E-state index in [2.05, 4.69) is 5.32 Å². The van der Waals surface area contributed by atoms with Crippen LogP contribution in [0, 0.1) is 5.82 Å². The van der Waals surface area contributed by atoms with Gasteiger partial charge in [0.15, 0.2) is 5.76 Å². The van der Waals surface area contributed by atoms with Crippen molar-refractivity contribution in [3.63, 3.8) is 0 Å². The van der Waals surface area contributed by atoms with Gasteiger partial charge in [0.1, 0.15) is 17.5 Å². The summed E-state index contributed by atoms with van der Waals surface area (Å²) in [4.78, 5) is 50.4. The van der Waals surface area contributed by atoms with Crippen LogP contribution >= 0.6 is 22.9 Å². The Labute approximate surface area is 214 Å². The number of halogens is 2. The first-order chi connectivity index (χ1) is 16.8. The average Bonchev–Trinajstić information content (AvgIpc) is 3.37. The lowest BCUT2D eigenvalue weighted by atomic mass is 10.0. The molecule has 0 bridgehead atoms. The average molecular weight is 540 g/mol. The standard InChI is InChI=1S/C23H23ClFN3O7S/c1-11(27-22(32)35-23(2,3)4)20(30)34-10-33-18(16-6-5-7-36-16)17-12-8-14(25)13(24)9-15(12)28(19(17)29)21(26)31/h5-9,11H,10H2,1-4H3,(H2,26,31)(H,27,32). The van der Waals surface area contributed by atoms with Crippen molar-refractivity contribution < 1.29 is 37.8 Å². The van der Waals surface area contributed by atoms with Gasteiger partial charge in [-0.15, -0.1) is 11.3 Å². The van der Waals surface area contributed by atoms with Crippen LogP contribution in [0.25, 0.3) is 11.3 Å². The van der Waals surface area contributed by atoms with Crippen LogP contribution < -0.4 is 16.0 Å². The summed E-state index contributed by atoms with van der Waals surface area (Å²) < 4.78 is 30.1. The minimum Gasteiger partial charge on any atom is -0.455 e. The highest BCUT2D eigenvalue weighted by Crippen LogP contribution is 2.43. The van der Waals surface area contributed by atoms with Crippen LogP contribution in [0.15, 0.2) is 29.6 Å². The molecule has 2 heterocycles. The van der Waals surface area contributed by atoms with E-state index in [1.165, 1.54) is 18.3 Å². The number of thiophene rings is 1. The van der Waals surface area contributed by atoms with E-state index in [1.807, 2.05) is 0 Å². The smallest absolute Gasteiger partial charge is 0.408 e. The second-order valence-corrected chi connectivity index (χ2v) is 9.89. The number of hydrogen-bond donors (Lipinski definition) is 2. The Hall–Kier alpha value is -3.64. The molecule has 3 rings (SSSR count). The van der Waals surface area contributed by atoms with E-state index < -0.39 is 48.3 Å². The molecule has 0 radical (unpaired) electrons. The summed E-state index contributed by atoms with van der Waals surface area (Å²) in [6.07, 6.45) is -0.811. The van der Waals surface area contributed by atoms with Gasteiger partial charge in [0.2, 0.25) is 6.79 Å². The molecule has 1 unspecified atom stereocenters. The summed E-state index contributed by atoms with van der Waals surface area (Å²) in [5, 5.41) is 3.73. The van der Waals surface area contributed by atoms with Crippen molar-refractivity contribution in [2.75, 3.05) is 11.7 Å². The largest absolute Gasteiger partial charge is 0.455 e. The van der Waals surface area contributed by atoms with Crippen LogP contribution in [0.1, 0.15) is 38.1 Å². The van der Waals surface area contributed by atoms with Gasteiger partial charge in [-0.1, -0.05) is 17.7 Å². The number of nitrogens with zero attached hydrogens (tertiary/aromatic N) is 1. The van der Waals surface area contributed by atoms with E-state index in [1.54, 1.807) is 38.3 Å². The number of carbonyl (C=O) groups excluding carboxylic acids is 4. The van der Waals surface area contributed by atoms with Crippen LogP contribution in [-0.2, 0) is 23.8 Å². The molecule has 4 amide bonds. The summed E-state index contributed by atoms with van der Waals surface area (Å²) in [7, 11) is 0. The predicted octanol–water partition coefficient (Wildman–Crippen LogP) is 4.26. The molecule has 1 aliphatic rings. The summed E-state index contributed by atoms with van der Waals surface area (Å²) in [5.41, 5.74) is 4.46. The highest BCUT2D eigenvalue weighted by molar-refractivity contribution is 7.11. The third-order valence-corrected chi connectivity index (χ3v) is 5.81. The van der Waals surface area contributed by atoms with Crippen LogP contribution in [0.3, 0.4) is 0 Å². The molecule has 10 nitrogen and oxygen atoms in total. The van der Waals surface area contributed by atoms with Crippen molar-refractivity contribution in [1.29, 1.82) is 0 Å². The predicted molar refractivity (Wildman–Crippen MR) is 130 cm³/mol. The van der Waals surface area contributed by atoms with Crippen molar-refractivity contribution in [2.24, 2.45) is 5.73 Å². The Balaban J connectivity index is 1.86. The van der Waals surface area contributed by atoms with Gasteiger partial charge in [-0.2, -0.15) is 0 Å². The van der Waals surface area contributed by atoms with Crippen LogP contribution in [-0.4, -0.2) is 42.4 Å². The minimum absolute atomic E-state index is 0.0151. The fourth-order valence-corrected chi connectivity index (χ4v) is 4.07. The lowest BCUT2D eigenvalue weighted by Gasteiger charge is -2.21. The molecular weight excluding hydrogens is 517 g/mol. The number of alkyl carbamates (subject to hydrolysis) is 1. The molecule has 13 heteroatoms. The monoisotopic (exact) mass is 539 g/mol. The number of imide groups is 1.